The van der Waals surface area contributed by atoms with Crippen molar-refractivity contribution in [2.45, 2.75) is 18.4 Å². The van der Waals surface area contributed by atoms with E-state index in [1.807, 2.05) is 12.3 Å². The lowest BCUT2D eigenvalue weighted by atomic mass is 10.1. The van der Waals surface area contributed by atoms with Gasteiger partial charge in [-0.05, 0) is 18.1 Å². The van der Waals surface area contributed by atoms with Crippen LogP contribution in [0.5, 0.6) is 0 Å². The van der Waals surface area contributed by atoms with E-state index in [-0.39, 0.29) is 0 Å². The number of nitrogen functional groups attached to an aromatic ring is 1. The molecular weight excluding hydrogens is 210 g/mol. The molecule has 1 heterocycles. The number of nitrogens with zero attached hydrogens (tertiary/aromatic N) is 1. The number of hydrogen-bond donors (Lipinski definition) is 2. The van der Waals surface area contributed by atoms with Crippen LogP contribution in [-0.2, 0) is 0 Å². The molecule has 0 radical (unpaired) electrons. The van der Waals surface area contributed by atoms with Crippen molar-refractivity contribution in [2.24, 2.45) is 0 Å². The van der Waals surface area contributed by atoms with E-state index in [4.69, 9.17) is 5.73 Å². The maximum absolute atomic E-state index is 5.70. The highest BCUT2D eigenvalue weighted by Crippen LogP contribution is 2.42. The third kappa shape index (κ3) is 2.23. The molecular formula is C14H15N3. The van der Waals surface area contributed by atoms with E-state index >= 15 is 0 Å². The number of benzene rings is 1. The van der Waals surface area contributed by atoms with Crippen molar-refractivity contribution < 1.29 is 0 Å². The van der Waals surface area contributed by atoms with Gasteiger partial charge in [0.1, 0.15) is 0 Å². The van der Waals surface area contributed by atoms with E-state index < -0.39 is 0 Å². The van der Waals surface area contributed by atoms with Gasteiger partial charge in [0.05, 0.1) is 17.6 Å². The van der Waals surface area contributed by atoms with Crippen LogP contribution in [0.4, 0.5) is 11.4 Å². The summed E-state index contributed by atoms with van der Waals surface area (Å²) in [6, 6.07) is 13.0. The molecule has 0 amide bonds. The molecule has 2 aromatic rings. The lowest BCUT2D eigenvalue weighted by Crippen LogP contribution is -2.04. The predicted molar refractivity (Wildman–Crippen MR) is 69.9 cm³/mol. The molecule has 0 aliphatic heterocycles. The van der Waals surface area contributed by atoms with Crippen molar-refractivity contribution in [2.75, 3.05) is 11.1 Å². The first-order valence-corrected chi connectivity index (χ1v) is 5.85. The van der Waals surface area contributed by atoms with Gasteiger partial charge < -0.3 is 11.1 Å². The summed E-state index contributed by atoms with van der Waals surface area (Å²) in [5.74, 6) is 0.623. The number of anilines is 2. The summed E-state index contributed by atoms with van der Waals surface area (Å²) in [7, 11) is 0. The number of aromatic nitrogens is 1. The molecule has 1 aliphatic carbocycles. The van der Waals surface area contributed by atoms with Gasteiger partial charge in [-0.2, -0.15) is 0 Å². The highest BCUT2D eigenvalue weighted by Gasteiger charge is 2.38. The molecule has 1 aliphatic rings. The van der Waals surface area contributed by atoms with E-state index in [9.17, 15) is 0 Å². The van der Waals surface area contributed by atoms with E-state index in [1.165, 1.54) is 12.0 Å². The van der Waals surface area contributed by atoms with Gasteiger partial charge in [0.2, 0.25) is 0 Å². The number of hydrogen-bond acceptors (Lipinski definition) is 3. The van der Waals surface area contributed by atoms with Crippen molar-refractivity contribution >= 4 is 11.4 Å². The molecule has 2 unspecified atom stereocenters. The summed E-state index contributed by atoms with van der Waals surface area (Å²) in [6.45, 7) is 0. The second kappa shape index (κ2) is 4.09. The van der Waals surface area contributed by atoms with Crippen LogP contribution >= 0.6 is 0 Å². The molecule has 17 heavy (non-hydrogen) atoms. The van der Waals surface area contributed by atoms with Crippen molar-refractivity contribution in [1.82, 2.24) is 4.98 Å². The van der Waals surface area contributed by atoms with Crippen LogP contribution in [-0.4, -0.2) is 11.0 Å². The number of nitrogens with one attached hydrogen (secondary N) is 1. The standard InChI is InChI=1S/C14H15N3/c15-11-6-12(9-16-8-11)17-14-7-13(14)10-4-2-1-3-5-10/h1-6,8-9,13-14,17H,7,15H2. The Balaban J connectivity index is 1.66. The quantitative estimate of drug-likeness (QED) is 0.844. The lowest BCUT2D eigenvalue weighted by molar-refractivity contribution is 1.04. The molecule has 86 valence electrons. The molecule has 3 nitrogen and oxygen atoms in total. The number of nitrogens with two attached hydrogens (primary N) is 1. The molecule has 0 bridgehead atoms. The van der Waals surface area contributed by atoms with Gasteiger partial charge in [-0.25, -0.2) is 0 Å². The highest BCUT2D eigenvalue weighted by molar-refractivity contribution is 5.53. The van der Waals surface area contributed by atoms with Gasteiger partial charge >= 0.3 is 0 Å². The lowest BCUT2D eigenvalue weighted by Gasteiger charge is -2.06. The van der Waals surface area contributed by atoms with Crippen LogP contribution in [0.2, 0.25) is 0 Å². The maximum Gasteiger partial charge on any atom is 0.0549 e. The largest absolute Gasteiger partial charge is 0.397 e. The zero-order valence-corrected chi connectivity index (χ0v) is 9.51. The van der Waals surface area contributed by atoms with E-state index in [0.29, 0.717) is 17.6 Å². The van der Waals surface area contributed by atoms with Crippen molar-refractivity contribution in [1.29, 1.82) is 0 Å². The minimum Gasteiger partial charge on any atom is -0.397 e. The molecule has 1 fully saturated rings. The number of rotatable bonds is 3. The molecule has 1 aromatic carbocycles. The number of pyridine rings is 1. The topological polar surface area (TPSA) is 50.9 Å². The van der Waals surface area contributed by atoms with Gasteiger partial charge in [0.15, 0.2) is 0 Å². The Hall–Kier alpha value is -2.03. The fraction of sp³-hybridized carbons (Fsp3) is 0.214. The van der Waals surface area contributed by atoms with Crippen LogP contribution in [0.1, 0.15) is 17.9 Å². The Morgan fingerprint density at radius 3 is 2.76 bits per heavy atom. The van der Waals surface area contributed by atoms with Gasteiger partial charge in [0.25, 0.3) is 0 Å². The zero-order chi connectivity index (χ0) is 11.7. The second-order valence-corrected chi connectivity index (χ2v) is 4.51. The smallest absolute Gasteiger partial charge is 0.0549 e. The predicted octanol–water partition coefficient (Wildman–Crippen LogP) is 2.63. The summed E-state index contributed by atoms with van der Waals surface area (Å²) in [5, 5.41) is 3.46. The molecule has 0 saturated heterocycles. The Morgan fingerprint density at radius 1 is 1.18 bits per heavy atom. The fourth-order valence-corrected chi connectivity index (χ4v) is 2.17. The molecule has 3 heteroatoms. The van der Waals surface area contributed by atoms with Crippen LogP contribution in [0, 0.1) is 0 Å². The van der Waals surface area contributed by atoms with Crippen LogP contribution in [0.25, 0.3) is 0 Å². The molecule has 3 N–H and O–H groups in total. The van der Waals surface area contributed by atoms with E-state index in [0.717, 1.165) is 5.69 Å². The fourth-order valence-electron chi connectivity index (χ4n) is 2.17. The molecule has 1 saturated carbocycles. The van der Waals surface area contributed by atoms with Crippen molar-refractivity contribution in [3.8, 4) is 0 Å². The monoisotopic (exact) mass is 225 g/mol. The second-order valence-electron chi connectivity index (χ2n) is 4.51. The van der Waals surface area contributed by atoms with Crippen LogP contribution in [0.15, 0.2) is 48.8 Å². The average Bonchev–Trinajstić information content (AvgIpc) is 3.10. The third-order valence-electron chi connectivity index (χ3n) is 3.13. The first-order valence-electron chi connectivity index (χ1n) is 5.85. The molecule has 3 rings (SSSR count). The first kappa shape index (κ1) is 10.1. The minimum atomic E-state index is 0.515. The molecule has 2 atom stereocenters. The zero-order valence-electron chi connectivity index (χ0n) is 9.51. The Kier molecular flexibility index (Phi) is 2.44. The average molecular weight is 225 g/mol. The Bertz CT molecular complexity index is 510. The minimum absolute atomic E-state index is 0.515. The van der Waals surface area contributed by atoms with Gasteiger partial charge in [-0.3, -0.25) is 4.98 Å². The van der Waals surface area contributed by atoms with Gasteiger partial charge in [-0.1, -0.05) is 30.3 Å². The first-order chi connectivity index (χ1) is 8.33. The Labute approximate surface area is 101 Å². The van der Waals surface area contributed by atoms with E-state index in [1.54, 1.807) is 6.20 Å². The summed E-state index contributed by atoms with van der Waals surface area (Å²) >= 11 is 0. The summed E-state index contributed by atoms with van der Waals surface area (Å²) in [6.07, 6.45) is 4.66. The van der Waals surface area contributed by atoms with Gasteiger partial charge in [0, 0.05) is 18.2 Å². The molecule has 1 aromatic heterocycles. The normalized spacial score (nSPS) is 22.1. The van der Waals surface area contributed by atoms with Gasteiger partial charge in [-0.15, -0.1) is 0 Å². The summed E-state index contributed by atoms with van der Waals surface area (Å²) < 4.78 is 0. The Morgan fingerprint density at radius 2 is 2.00 bits per heavy atom. The SMILES string of the molecule is Nc1cncc(NC2CC2c2ccccc2)c1. The van der Waals surface area contributed by atoms with Crippen LogP contribution < -0.4 is 11.1 Å². The van der Waals surface area contributed by atoms with Crippen molar-refractivity contribution in [3.63, 3.8) is 0 Å². The van der Waals surface area contributed by atoms with E-state index in [2.05, 4.69) is 40.6 Å². The molecule has 0 spiro atoms. The summed E-state index contributed by atoms with van der Waals surface area (Å²) in [5.41, 5.74) is 8.81. The summed E-state index contributed by atoms with van der Waals surface area (Å²) in [4.78, 5) is 4.08. The van der Waals surface area contributed by atoms with Crippen LogP contribution in [0.3, 0.4) is 0 Å². The third-order valence-corrected chi connectivity index (χ3v) is 3.13. The van der Waals surface area contributed by atoms with Crippen molar-refractivity contribution in [3.05, 3.63) is 54.4 Å². The highest BCUT2D eigenvalue weighted by atomic mass is 15.0. The maximum atomic E-state index is 5.70.